The zero-order valence-corrected chi connectivity index (χ0v) is 6.07. The summed E-state index contributed by atoms with van der Waals surface area (Å²) in [5.41, 5.74) is 0. The monoisotopic (exact) mass is 131 g/mol. The van der Waals surface area contributed by atoms with Crippen LogP contribution in [-0.2, 0) is 15.7 Å². The maximum Gasteiger partial charge on any atom is 0.142 e. The molecule has 0 aliphatic heterocycles. The first-order valence-electron chi connectivity index (χ1n) is 2.42. The number of allylic oxidation sites excluding steroid dienone is 1. The van der Waals surface area contributed by atoms with Crippen molar-refractivity contribution >= 4 is 17.2 Å². The highest BCUT2D eigenvalue weighted by molar-refractivity contribution is 7.95. The summed E-state index contributed by atoms with van der Waals surface area (Å²) in [6.45, 7) is 0. The Morgan fingerprint density at radius 2 is 2.12 bits per heavy atom. The third kappa shape index (κ3) is 5.76. The maximum absolute atomic E-state index is 9.70. The Hall–Kier alpha value is -0.240. The molecule has 1 nitrogen and oxygen atoms in total. The lowest BCUT2D eigenvalue weighted by Gasteiger charge is -1.84. The highest BCUT2D eigenvalue weighted by Gasteiger charge is 1.93. The van der Waals surface area contributed by atoms with Crippen LogP contribution in [0, 0.1) is 0 Å². The zero-order valence-electron chi connectivity index (χ0n) is 5.26. The lowest BCUT2D eigenvalue weighted by Crippen LogP contribution is -1.97. The summed E-state index contributed by atoms with van der Waals surface area (Å²) in [7, 11) is 0.437. The Morgan fingerprint density at radius 3 is 2.50 bits per heavy atom. The van der Waals surface area contributed by atoms with E-state index < -0.39 is 0 Å². The van der Waals surface area contributed by atoms with Gasteiger partial charge in [-0.1, -0.05) is 0 Å². The van der Waals surface area contributed by atoms with Gasteiger partial charge in [-0.3, -0.25) is 4.79 Å². The number of hydrogen-bond acceptors (Lipinski definition) is 1. The van der Waals surface area contributed by atoms with Gasteiger partial charge in [0.1, 0.15) is 12.0 Å². The summed E-state index contributed by atoms with van der Waals surface area (Å²) in [4.78, 5) is 9.70. The van der Waals surface area contributed by atoms with Crippen LogP contribution < -0.4 is 0 Å². The van der Waals surface area contributed by atoms with Crippen molar-refractivity contribution in [3.8, 4) is 0 Å². The zero-order chi connectivity index (χ0) is 6.41. The van der Waals surface area contributed by atoms with Crippen molar-refractivity contribution in [1.82, 2.24) is 0 Å². The van der Waals surface area contributed by atoms with Gasteiger partial charge < -0.3 is 0 Å². The van der Waals surface area contributed by atoms with Crippen molar-refractivity contribution in [3.05, 3.63) is 12.2 Å². The maximum atomic E-state index is 9.70. The fraction of sp³-hybridized carbons (Fsp3) is 0.500. The van der Waals surface area contributed by atoms with Crippen LogP contribution in [-0.4, -0.2) is 24.6 Å². The van der Waals surface area contributed by atoms with Crippen molar-refractivity contribution in [2.24, 2.45) is 0 Å². The molecule has 0 rings (SSSR count). The van der Waals surface area contributed by atoms with Gasteiger partial charge in [0.2, 0.25) is 0 Å². The SMILES string of the molecule is C[S+](C)C/C=C/C=O. The van der Waals surface area contributed by atoms with Gasteiger partial charge in [0.05, 0.1) is 12.5 Å². The number of hydrogen-bond donors (Lipinski definition) is 0. The molecule has 0 bridgehead atoms. The molecule has 46 valence electrons. The molecule has 8 heavy (non-hydrogen) atoms. The van der Waals surface area contributed by atoms with E-state index in [0.29, 0.717) is 10.9 Å². The van der Waals surface area contributed by atoms with Crippen LogP contribution in [0.15, 0.2) is 12.2 Å². The van der Waals surface area contributed by atoms with Gasteiger partial charge in [-0.05, 0) is 23.0 Å². The molecule has 0 fully saturated rings. The largest absolute Gasteiger partial charge is 0.299 e. The van der Waals surface area contributed by atoms with Crippen molar-refractivity contribution in [3.63, 3.8) is 0 Å². The minimum absolute atomic E-state index is 0.437. The Morgan fingerprint density at radius 1 is 1.50 bits per heavy atom. The van der Waals surface area contributed by atoms with E-state index in [4.69, 9.17) is 0 Å². The van der Waals surface area contributed by atoms with Gasteiger partial charge in [-0.25, -0.2) is 0 Å². The minimum Gasteiger partial charge on any atom is -0.299 e. The number of aldehydes is 1. The fourth-order valence-electron chi connectivity index (χ4n) is 0.304. The van der Waals surface area contributed by atoms with Gasteiger partial charge >= 0.3 is 0 Å². The number of carbonyl (C=O) groups is 1. The smallest absolute Gasteiger partial charge is 0.142 e. The Labute approximate surface area is 53.1 Å². The van der Waals surface area contributed by atoms with E-state index in [-0.39, 0.29) is 0 Å². The molecule has 0 heterocycles. The molecule has 0 saturated heterocycles. The van der Waals surface area contributed by atoms with Crippen molar-refractivity contribution in [2.75, 3.05) is 18.3 Å². The Bertz CT molecular complexity index is 86.5. The van der Waals surface area contributed by atoms with Crippen LogP contribution in [0.1, 0.15) is 0 Å². The second-order valence-electron chi connectivity index (χ2n) is 1.72. The van der Waals surface area contributed by atoms with E-state index in [2.05, 4.69) is 12.5 Å². The van der Waals surface area contributed by atoms with Crippen LogP contribution in [0.25, 0.3) is 0 Å². The van der Waals surface area contributed by atoms with Crippen molar-refractivity contribution in [1.29, 1.82) is 0 Å². The van der Waals surface area contributed by atoms with E-state index in [1.807, 2.05) is 6.08 Å². The highest BCUT2D eigenvalue weighted by atomic mass is 32.2. The number of carbonyl (C=O) groups excluding carboxylic acids is 1. The first-order chi connectivity index (χ1) is 3.77. The molecule has 0 saturated carbocycles. The highest BCUT2D eigenvalue weighted by Crippen LogP contribution is 1.82. The molecule has 0 aromatic heterocycles. The fourth-order valence-corrected chi connectivity index (χ4v) is 0.800. The second kappa shape index (κ2) is 4.91. The molecule has 0 aliphatic carbocycles. The molecule has 0 unspecified atom stereocenters. The predicted molar refractivity (Wildman–Crippen MR) is 39.3 cm³/mol. The molecule has 2 heteroatoms. The summed E-state index contributed by atoms with van der Waals surface area (Å²) in [6.07, 6.45) is 8.56. The average molecular weight is 131 g/mol. The average Bonchev–Trinajstić information content (AvgIpc) is 1.66. The van der Waals surface area contributed by atoms with Gasteiger partial charge in [-0.15, -0.1) is 0 Å². The van der Waals surface area contributed by atoms with E-state index >= 15 is 0 Å². The molecule has 0 atom stereocenters. The first kappa shape index (κ1) is 7.76. The third-order valence-corrected chi connectivity index (χ3v) is 1.50. The topological polar surface area (TPSA) is 17.1 Å². The van der Waals surface area contributed by atoms with Crippen LogP contribution in [0.3, 0.4) is 0 Å². The van der Waals surface area contributed by atoms with Crippen LogP contribution >= 0.6 is 0 Å². The summed E-state index contributed by atoms with van der Waals surface area (Å²) < 4.78 is 0. The minimum atomic E-state index is 0.437. The Balaban J connectivity index is 3.15. The van der Waals surface area contributed by atoms with E-state index in [9.17, 15) is 4.79 Å². The summed E-state index contributed by atoms with van der Waals surface area (Å²) in [5, 5.41) is 0. The van der Waals surface area contributed by atoms with E-state index in [0.717, 1.165) is 12.0 Å². The summed E-state index contributed by atoms with van der Waals surface area (Å²) in [5.74, 6) is 1.03. The van der Waals surface area contributed by atoms with Crippen LogP contribution in [0.5, 0.6) is 0 Å². The van der Waals surface area contributed by atoms with Gasteiger partial charge in [0, 0.05) is 0 Å². The lowest BCUT2D eigenvalue weighted by atomic mass is 10.6. The predicted octanol–water partition coefficient (Wildman–Crippen LogP) is 0.619. The molecule has 0 aliphatic rings. The molecule has 0 amide bonds. The normalized spacial score (nSPS) is 10.9. The molecule has 0 radical (unpaired) electrons. The Kier molecular flexibility index (Phi) is 4.76. The quantitative estimate of drug-likeness (QED) is 0.312. The first-order valence-corrected chi connectivity index (χ1v) is 4.63. The molecule has 0 spiro atoms. The van der Waals surface area contributed by atoms with E-state index in [1.54, 1.807) is 6.08 Å². The van der Waals surface area contributed by atoms with Gasteiger partial charge in [0.15, 0.2) is 0 Å². The molecule has 0 N–H and O–H groups in total. The molecule has 0 aromatic rings. The van der Waals surface area contributed by atoms with Gasteiger partial charge in [0.25, 0.3) is 0 Å². The molecule has 0 aromatic carbocycles. The van der Waals surface area contributed by atoms with Crippen LogP contribution in [0.2, 0.25) is 0 Å². The van der Waals surface area contributed by atoms with E-state index in [1.165, 1.54) is 0 Å². The molecular formula is C6H11OS+. The van der Waals surface area contributed by atoms with Crippen molar-refractivity contribution in [2.45, 2.75) is 0 Å². The van der Waals surface area contributed by atoms with Gasteiger partial charge in [-0.2, -0.15) is 0 Å². The summed E-state index contributed by atoms with van der Waals surface area (Å²) >= 11 is 0. The van der Waals surface area contributed by atoms with Crippen LogP contribution in [0.4, 0.5) is 0 Å². The second-order valence-corrected chi connectivity index (χ2v) is 4.02. The molecular weight excluding hydrogens is 120 g/mol. The number of rotatable bonds is 3. The van der Waals surface area contributed by atoms with Crippen molar-refractivity contribution < 1.29 is 4.79 Å². The summed E-state index contributed by atoms with van der Waals surface area (Å²) in [6, 6.07) is 0. The standard InChI is InChI=1S/C6H11OS/c1-8(2)6-4-3-5-7/h3-5H,6H2,1-2H3/q+1/b4-3+. The lowest BCUT2D eigenvalue weighted by molar-refractivity contribution is -0.104. The third-order valence-electron chi connectivity index (χ3n) is 0.644.